The van der Waals surface area contributed by atoms with Gasteiger partial charge in [0.2, 0.25) is 0 Å². The lowest BCUT2D eigenvalue weighted by Crippen LogP contribution is -2.47. The zero-order valence-corrected chi connectivity index (χ0v) is 18.5. The van der Waals surface area contributed by atoms with Crippen LogP contribution in [0.25, 0.3) is 0 Å². The first-order valence-electron chi connectivity index (χ1n) is 10.2. The Morgan fingerprint density at radius 2 is 1.89 bits per heavy atom. The molecule has 150 valence electrons. The lowest BCUT2D eigenvalue weighted by molar-refractivity contribution is 0.242. The summed E-state index contributed by atoms with van der Waals surface area (Å²) in [6.07, 6.45) is 9.05. The number of likely N-dealkylation sites (tertiary alicyclic amines) is 1. The van der Waals surface area contributed by atoms with E-state index in [2.05, 4.69) is 20.5 Å². The van der Waals surface area contributed by atoms with Crippen molar-refractivity contribution in [2.24, 2.45) is 4.99 Å². The van der Waals surface area contributed by atoms with Crippen LogP contribution in [0.2, 0.25) is 0 Å². The van der Waals surface area contributed by atoms with Gasteiger partial charge in [-0.2, -0.15) is 0 Å². The lowest BCUT2D eigenvalue weighted by Gasteiger charge is -2.24. The molecule has 3 fully saturated rings. The molecule has 1 aromatic carbocycles. The molecule has 1 unspecified atom stereocenters. The highest BCUT2D eigenvalue weighted by molar-refractivity contribution is 14.0. The molecule has 2 aliphatic carbocycles. The fourth-order valence-electron chi connectivity index (χ4n) is 4.67. The summed E-state index contributed by atoms with van der Waals surface area (Å²) in [5.74, 6) is 0.736. The van der Waals surface area contributed by atoms with E-state index in [4.69, 9.17) is 0 Å². The van der Waals surface area contributed by atoms with E-state index in [-0.39, 0.29) is 35.2 Å². The minimum absolute atomic E-state index is 0. The van der Waals surface area contributed by atoms with Crippen molar-refractivity contribution < 1.29 is 4.39 Å². The number of nitrogens with zero attached hydrogens (tertiary/aromatic N) is 2. The van der Waals surface area contributed by atoms with Crippen LogP contribution in [0.4, 0.5) is 4.39 Å². The number of benzene rings is 1. The molecule has 4 rings (SSSR count). The number of aliphatic imine (C=N–C) groups is 1. The number of hydrogen-bond acceptors (Lipinski definition) is 2. The molecule has 1 saturated heterocycles. The maximum atomic E-state index is 13.2. The summed E-state index contributed by atoms with van der Waals surface area (Å²) in [6, 6.07) is 8.29. The maximum Gasteiger partial charge on any atom is 0.191 e. The van der Waals surface area contributed by atoms with Crippen molar-refractivity contribution in [3.05, 3.63) is 35.6 Å². The molecule has 6 heteroatoms. The highest BCUT2D eigenvalue weighted by Crippen LogP contribution is 2.47. The number of guanidine groups is 1. The van der Waals surface area contributed by atoms with Crippen LogP contribution < -0.4 is 10.6 Å². The molecule has 4 nitrogen and oxygen atoms in total. The fraction of sp³-hybridized carbons (Fsp3) is 0.667. The summed E-state index contributed by atoms with van der Waals surface area (Å²) < 4.78 is 13.2. The summed E-state index contributed by atoms with van der Waals surface area (Å²) in [5.41, 5.74) is 1.38. The Balaban J connectivity index is 0.00000210. The smallest absolute Gasteiger partial charge is 0.191 e. The van der Waals surface area contributed by atoms with Crippen LogP contribution in [0, 0.1) is 5.82 Å². The second-order valence-electron chi connectivity index (χ2n) is 8.28. The van der Waals surface area contributed by atoms with Crippen molar-refractivity contribution in [2.45, 2.75) is 62.4 Å². The van der Waals surface area contributed by atoms with Gasteiger partial charge >= 0.3 is 0 Å². The molecule has 0 spiro atoms. The molecule has 1 heterocycles. The lowest BCUT2D eigenvalue weighted by atomic mass is 9.96. The normalized spacial score (nSPS) is 25.3. The van der Waals surface area contributed by atoms with E-state index in [1.165, 1.54) is 44.2 Å². The highest BCUT2D eigenvalue weighted by atomic mass is 127. The minimum Gasteiger partial charge on any atom is -0.356 e. The van der Waals surface area contributed by atoms with Gasteiger partial charge in [0, 0.05) is 44.2 Å². The van der Waals surface area contributed by atoms with Crippen LogP contribution in [0.3, 0.4) is 0 Å². The number of hydrogen-bond donors (Lipinski definition) is 2. The monoisotopic (exact) mass is 486 g/mol. The Hall–Kier alpha value is -0.890. The molecular weight excluding hydrogens is 454 g/mol. The minimum atomic E-state index is -0.164. The first-order chi connectivity index (χ1) is 12.7. The first-order valence-corrected chi connectivity index (χ1v) is 10.2. The largest absolute Gasteiger partial charge is 0.356 e. The predicted octanol–water partition coefficient (Wildman–Crippen LogP) is 3.66. The van der Waals surface area contributed by atoms with Crippen molar-refractivity contribution in [3.8, 4) is 0 Å². The summed E-state index contributed by atoms with van der Waals surface area (Å²) in [7, 11) is 1.84. The number of nitrogens with one attached hydrogen (secondary N) is 2. The predicted molar refractivity (Wildman–Crippen MR) is 119 cm³/mol. The molecule has 0 amide bonds. The van der Waals surface area contributed by atoms with Crippen molar-refractivity contribution in [3.63, 3.8) is 0 Å². The second-order valence-corrected chi connectivity index (χ2v) is 8.28. The van der Waals surface area contributed by atoms with Gasteiger partial charge in [-0.15, -0.1) is 24.0 Å². The fourth-order valence-corrected chi connectivity index (χ4v) is 4.67. The van der Waals surface area contributed by atoms with Crippen LogP contribution in [0.15, 0.2) is 29.3 Å². The summed E-state index contributed by atoms with van der Waals surface area (Å²) in [5, 5.41) is 7.14. The van der Waals surface area contributed by atoms with Gasteiger partial charge in [-0.1, -0.05) is 25.0 Å². The average Bonchev–Trinajstić information content (AvgIpc) is 3.06. The molecule has 1 aromatic rings. The molecule has 3 aliphatic rings. The summed E-state index contributed by atoms with van der Waals surface area (Å²) >= 11 is 0. The first kappa shape index (κ1) is 20.8. The molecular formula is C21H32FIN4. The van der Waals surface area contributed by atoms with Crippen molar-refractivity contribution in [2.75, 3.05) is 26.7 Å². The molecule has 0 radical (unpaired) electrons. The zero-order valence-electron chi connectivity index (χ0n) is 16.2. The van der Waals surface area contributed by atoms with Gasteiger partial charge in [0.1, 0.15) is 5.82 Å². The molecule has 2 saturated carbocycles. The third-order valence-corrected chi connectivity index (χ3v) is 6.53. The van der Waals surface area contributed by atoms with E-state index in [0.717, 1.165) is 37.9 Å². The number of halogens is 2. The number of rotatable bonds is 5. The zero-order chi connectivity index (χ0) is 18.0. The Bertz CT molecular complexity index is 638. The van der Waals surface area contributed by atoms with Crippen molar-refractivity contribution in [1.29, 1.82) is 0 Å². The average molecular weight is 486 g/mol. The van der Waals surface area contributed by atoms with E-state index < -0.39 is 0 Å². The van der Waals surface area contributed by atoms with Gasteiger partial charge < -0.3 is 10.6 Å². The Morgan fingerprint density at radius 3 is 2.52 bits per heavy atom. The van der Waals surface area contributed by atoms with E-state index >= 15 is 0 Å². The van der Waals surface area contributed by atoms with Gasteiger partial charge in [-0.05, 0) is 49.8 Å². The van der Waals surface area contributed by atoms with Crippen LogP contribution in [0.5, 0.6) is 0 Å². The van der Waals surface area contributed by atoms with Crippen molar-refractivity contribution in [1.82, 2.24) is 15.5 Å². The van der Waals surface area contributed by atoms with Crippen LogP contribution >= 0.6 is 24.0 Å². The molecule has 1 atom stereocenters. The van der Waals surface area contributed by atoms with E-state index in [1.54, 1.807) is 12.1 Å². The van der Waals surface area contributed by atoms with Gasteiger partial charge in [0.05, 0.1) is 0 Å². The highest BCUT2D eigenvalue weighted by Gasteiger charge is 2.44. The molecule has 27 heavy (non-hydrogen) atoms. The molecule has 0 aromatic heterocycles. The Morgan fingerprint density at radius 1 is 1.19 bits per heavy atom. The third kappa shape index (κ3) is 4.94. The van der Waals surface area contributed by atoms with Crippen LogP contribution in [-0.4, -0.2) is 49.6 Å². The van der Waals surface area contributed by atoms with E-state index in [1.807, 2.05) is 19.2 Å². The van der Waals surface area contributed by atoms with E-state index in [0.29, 0.717) is 6.04 Å². The van der Waals surface area contributed by atoms with Crippen LogP contribution in [0.1, 0.15) is 50.5 Å². The maximum absolute atomic E-state index is 13.2. The Labute approximate surface area is 179 Å². The summed E-state index contributed by atoms with van der Waals surface area (Å²) in [6.45, 7) is 3.20. The standard InChI is InChI=1S/C21H31FN4.HI/c1-23-20(25-18-10-13-26(14-18)19-4-2-3-5-19)24-15-21(11-12-21)16-6-8-17(22)9-7-16;/h6-9,18-19H,2-5,10-15H2,1H3,(H2,23,24,25);1H. The van der Waals surface area contributed by atoms with Gasteiger partial charge in [-0.3, -0.25) is 9.89 Å². The van der Waals surface area contributed by atoms with Gasteiger partial charge in [0.15, 0.2) is 5.96 Å². The summed E-state index contributed by atoms with van der Waals surface area (Å²) in [4.78, 5) is 7.09. The Kier molecular flexibility index (Phi) is 7.00. The molecule has 0 bridgehead atoms. The van der Waals surface area contributed by atoms with Gasteiger partial charge in [0.25, 0.3) is 0 Å². The SMILES string of the molecule is CN=C(NCC1(c2ccc(F)cc2)CC1)NC1CCN(C2CCCC2)C1.I. The second kappa shape index (κ2) is 9.07. The van der Waals surface area contributed by atoms with Crippen LogP contribution in [-0.2, 0) is 5.41 Å². The molecule has 1 aliphatic heterocycles. The van der Waals surface area contributed by atoms with Gasteiger partial charge in [-0.25, -0.2) is 4.39 Å². The van der Waals surface area contributed by atoms with Crippen molar-refractivity contribution >= 4 is 29.9 Å². The third-order valence-electron chi connectivity index (χ3n) is 6.53. The topological polar surface area (TPSA) is 39.7 Å². The van der Waals surface area contributed by atoms with E-state index in [9.17, 15) is 4.39 Å². The quantitative estimate of drug-likeness (QED) is 0.379. The molecule has 2 N–H and O–H groups in total.